The first-order valence-corrected chi connectivity index (χ1v) is 13.3. The number of carbonyl (C=O) groups excluding carboxylic acids is 4. The number of hydrogen-bond donors (Lipinski definition) is 3. The van der Waals surface area contributed by atoms with Gasteiger partial charge in [0.2, 0.25) is 10.9 Å². The summed E-state index contributed by atoms with van der Waals surface area (Å²) in [6, 6.07) is 8.22. The highest BCUT2D eigenvalue weighted by Gasteiger charge is 2.50. The summed E-state index contributed by atoms with van der Waals surface area (Å²) in [4.78, 5) is 53.1. The Bertz CT molecular complexity index is 1430. The van der Waals surface area contributed by atoms with E-state index in [1.165, 1.54) is 18.2 Å². The fourth-order valence-electron chi connectivity index (χ4n) is 4.88. The highest BCUT2D eigenvalue weighted by Crippen LogP contribution is 2.45. The van der Waals surface area contributed by atoms with Gasteiger partial charge < -0.3 is 39.8 Å². The molecule has 5 rings (SSSR count). The molecule has 2 aromatic carbocycles. The molecule has 15 heteroatoms. The van der Waals surface area contributed by atoms with Crippen molar-refractivity contribution in [2.75, 3.05) is 19.8 Å². The highest BCUT2D eigenvalue weighted by atomic mass is 35.5. The summed E-state index contributed by atoms with van der Waals surface area (Å²) in [6.07, 6.45) is -3.80. The first kappa shape index (κ1) is 29.8. The molecule has 4 N–H and O–H groups in total. The zero-order chi connectivity index (χ0) is 30.2. The number of rotatable bonds is 7. The monoisotopic (exact) mass is 607 g/mol. The van der Waals surface area contributed by atoms with E-state index in [-0.39, 0.29) is 30.3 Å². The van der Waals surface area contributed by atoms with Crippen molar-refractivity contribution in [3.8, 4) is 17.2 Å². The van der Waals surface area contributed by atoms with Crippen molar-refractivity contribution in [1.29, 1.82) is 0 Å². The van der Waals surface area contributed by atoms with Crippen molar-refractivity contribution in [2.45, 2.75) is 49.4 Å². The molecule has 3 aliphatic heterocycles. The second-order valence-corrected chi connectivity index (χ2v) is 10.5. The van der Waals surface area contributed by atoms with Gasteiger partial charge >= 0.3 is 17.9 Å². The van der Waals surface area contributed by atoms with Crippen molar-refractivity contribution in [3.63, 3.8) is 0 Å². The van der Waals surface area contributed by atoms with Gasteiger partial charge in [-0.3, -0.25) is 19.3 Å². The summed E-state index contributed by atoms with van der Waals surface area (Å²) >= 11 is 6.83. The molecule has 3 heterocycles. The molecule has 0 aromatic heterocycles. The topological polar surface area (TPSA) is 176 Å². The van der Waals surface area contributed by atoms with Crippen molar-refractivity contribution in [1.82, 2.24) is 10.2 Å². The number of halogens is 2. The third-order valence-electron chi connectivity index (χ3n) is 6.92. The molecule has 2 aromatic rings. The van der Waals surface area contributed by atoms with Gasteiger partial charge in [-0.05, 0) is 36.8 Å². The highest BCUT2D eigenvalue weighted by molar-refractivity contribution is 6.24. The lowest BCUT2D eigenvalue weighted by Crippen LogP contribution is -2.67. The molecule has 0 spiro atoms. The zero-order valence-electron chi connectivity index (χ0n) is 22.3. The van der Waals surface area contributed by atoms with Gasteiger partial charge in [-0.1, -0.05) is 23.7 Å². The van der Waals surface area contributed by atoms with Gasteiger partial charge in [-0.15, -0.1) is 0 Å². The smallest absolute Gasteiger partial charge is 0.345 e. The fourth-order valence-corrected chi connectivity index (χ4v) is 5.26. The fraction of sp³-hybridized carbons (Fsp3) is 0.407. The van der Waals surface area contributed by atoms with E-state index < -0.39 is 71.2 Å². The quantitative estimate of drug-likeness (QED) is 0.134. The number of morpholine rings is 1. The van der Waals surface area contributed by atoms with Crippen molar-refractivity contribution in [2.24, 2.45) is 5.73 Å². The predicted molar refractivity (Wildman–Crippen MR) is 140 cm³/mol. The second-order valence-electron chi connectivity index (χ2n) is 9.90. The second kappa shape index (κ2) is 11.6. The van der Waals surface area contributed by atoms with Crippen LogP contribution in [-0.2, 0) is 30.4 Å². The summed E-state index contributed by atoms with van der Waals surface area (Å²) in [5.74, 6) is -6.13. The average molecular weight is 608 g/mol. The van der Waals surface area contributed by atoms with Crippen LogP contribution < -0.4 is 25.3 Å². The molecule has 42 heavy (non-hydrogen) atoms. The van der Waals surface area contributed by atoms with Crippen molar-refractivity contribution in [3.05, 3.63) is 53.3 Å². The van der Waals surface area contributed by atoms with E-state index in [0.29, 0.717) is 13.1 Å². The van der Waals surface area contributed by atoms with Crippen LogP contribution in [0.5, 0.6) is 17.2 Å². The Hall–Kier alpha value is -3.66. The SMILES string of the molecule is CCOC(Cl)(NC(=O)c1ccc2c3c1OC(=O)CC(O)(CC(=O)O2)C(=O)O3)C1OCCN(Cc2ccc(F)cc2)C1N. The summed E-state index contributed by atoms with van der Waals surface area (Å²) < 4.78 is 40.7. The first-order chi connectivity index (χ1) is 19.9. The Balaban J connectivity index is 1.44. The molecule has 0 radical (unpaired) electrons. The van der Waals surface area contributed by atoms with E-state index in [9.17, 15) is 28.7 Å². The minimum atomic E-state index is -2.52. The summed E-state index contributed by atoms with van der Waals surface area (Å²) in [6.45, 7) is 2.56. The third-order valence-corrected chi connectivity index (χ3v) is 7.34. The minimum Gasteiger partial charge on any atom is -0.422 e. The van der Waals surface area contributed by atoms with E-state index in [0.717, 1.165) is 11.6 Å². The molecular weight excluding hydrogens is 581 g/mol. The van der Waals surface area contributed by atoms with Gasteiger partial charge in [0.1, 0.15) is 11.9 Å². The molecule has 224 valence electrons. The number of carbonyl (C=O) groups is 4. The number of benzene rings is 2. The van der Waals surface area contributed by atoms with Gasteiger partial charge in [-0.2, -0.15) is 0 Å². The van der Waals surface area contributed by atoms with E-state index >= 15 is 0 Å². The van der Waals surface area contributed by atoms with Crippen LogP contribution in [0.2, 0.25) is 0 Å². The summed E-state index contributed by atoms with van der Waals surface area (Å²) in [5, 5.41) is 11.1. The predicted octanol–water partition coefficient (Wildman–Crippen LogP) is 0.925. The van der Waals surface area contributed by atoms with E-state index in [2.05, 4.69) is 5.32 Å². The molecule has 2 bridgehead atoms. The van der Waals surface area contributed by atoms with Crippen LogP contribution in [0.25, 0.3) is 0 Å². The van der Waals surface area contributed by atoms with Gasteiger partial charge in [0.15, 0.2) is 17.1 Å². The molecule has 4 unspecified atom stereocenters. The molecule has 3 aliphatic rings. The maximum atomic E-state index is 13.6. The van der Waals surface area contributed by atoms with Gasteiger partial charge in [0.25, 0.3) is 5.91 Å². The largest absolute Gasteiger partial charge is 0.422 e. The lowest BCUT2D eigenvalue weighted by atomic mass is 9.94. The minimum absolute atomic E-state index is 0.0203. The number of esters is 3. The molecule has 4 atom stereocenters. The van der Waals surface area contributed by atoms with Gasteiger partial charge in [0.05, 0.1) is 31.2 Å². The number of hydrogen-bond acceptors (Lipinski definition) is 12. The summed E-state index contributed by atoms with van der Waals surface area (Å²) in [5.41, 5.74) is 4.43. The Labute approximate surface area is 243 Å². The van der Waals surface area contributed by atoms with E-state index in [1.807, 2.05) is 4.90 Å². The Morgan fingerprint density at radius 1 is 1.14 bits per heavy atom. The average Bonchev–Trinajstić information content (AvgIpc) is 2.91. The van der Waals surface area contributed by atoms with Crippen molar-refractivity contribution < 1.29 is 52.4 Å². The number of nitrogens with zero attached hydrogens (tertiary/aromatic N) is 1. The van der Waals surface area contributed by atoms with Crippen LogP contribution >= 0.6 is 11.6 Å². The normalized spacial score (nSPS) is 25.6. The lowest BCUT2D eigenvalue weighted by molar-refractivity contribution is -0.170. The van der Waals surface area contributed by atoms with Gasteiger partial charge in [-0.25, -0.2) is 9.18 Å². The van der Waals surface area contributed by atoms with Crippen LogP contribution in [0, 0.1) is 5.82 Å². The number of aliphatic hydroxyl groups is 1. The van der Waals surface area contributed by atoms with Crippen molar-refractivity contribution >= 4 is 35.4 Å². The molecule has 1 amide bonds. The number of alkyl halides is 1. The third kappa shape index (κ3) is 5.82. The number of fused-ring (bicyclic) bond motifs is 2. The van der Waals surface area contributed by atoms with Gasteiger partial charge in [0, 0.05) is 19.7 Å². The van der Waals surface area contributed by atoms with Crippen LogP contribution in [0.15, 0.2) is 36.4 Å². The first-order valence-electron chi connectivity index (χ1n) is 13.0. The molecule has 0 aliphatic carbocycles. The number of ether oxygens (including phenoxy) is 5. The summed E-state index contributed by atoms with van der Waals surface area (Å²) in [7, 11) is 0. The van der Waals surface area contributed by atoms with E-state index in [1.54, 1.807) is 19.1 Å². The number of nitrogens with two attached hydrogens (primary N) is 1. The Morgan fingerprint density at radius 2 is 1.83 bits per heavy atom. The maximum absolute atomic E-state index is 13.6. The molecule has 1 saturated heterocycles. The van der Waals surface area contributed by atoms with Crippen LogP contribution in [0.4, 0.5) is 4.39 Å². The molecule has 13 nitrogen and oxygen atoms in total. The Kier molecular flexibility index (Phi) is 8.20. The molecule has 0 saturated carbocycles. The molecule has 1 fully saturated rings. The van der Waals surface area contributed by atoms with Crippen LogP contribution in [0.1, 0.15) is 35.7 Å². The zero-order valence-corrected chi connectivity index (χ0v) is 23.0. The number of nitrogens with one attached hydrogen (secondary N) is 1. The Morgan fingerprint density at radius 3 is 2.52 bits per heavy atom. The lowest BCUT2D eigenvalue weighted by Gasteiger charge is -2.45. The molecular formula is C27H27ClFN3O10. The van der Waals surface area contributed by atoms with Crippen LogP contribution in [0.3, 0.4) is 0 Å². The number of amides is 1. The van der Waals surface area contributed by atoms with Crippen LogP contribution in [-0.4, -0.2) is 76.6 Å². The standard InChI is InChI=1S/C27H27ClFN3O10/c1-2-39-27(28,22-23(30)32(9-10-38-22)13-14-3-5-15(29)6-4-14)31-24(35)16-7-8-17-21-20(16)41-19(34)12-26(37,25(36)42-21)11-18(33)40-17/h3-8,22-23,37H,2,9-13,30H2,1H3,(H,31,35). The maximum Gasteiger partial charge on any atom is 0.345 e. The van der Waals surface area contributed by atoms with E-state index in [4.69, 9.17) is 41.0 Å².